The molecule has 38 heavy (non-hydrogen) atoms. The number of benzene rings is 5. The number of para-hydroxylation sites is 3. The van der Waals surface area contributed by atoms with Gasteiger partial charge in [-0.15, -0.1) is 11.8 Å². The minimum atomic E-state index is 0.408. The van der Waals surface area contributed by atoms with Crippen molar-refractivity contribution < 1.29 is 0 Å². The summed E-state index contributed by atoms with van der Waals surface area (Å²) in [6.07, 6.45) is 2.35. The minimum Gasteiger partial charge on any atom is -0.327 e. The molecule has 5 aromatic rings. The van der Waals surface area contributed by atoms with Gasteiger partial charge >= 0.3 is 0 Å². The Morgan fingerprint density at radius 2 is 1.08 bits per heavy atom. The predicted molar refractivity (Wildman–Crippen MR) is 163 cm³/mol. The third-order valence-electron chi connectivity index (χ3n) is 7.66. The van der Waals surface area contributed by atoms with E-state index in [1.54, 1.807) is 0 Å². The van der Waals surface area contributed by atoms with Gasteiger partial charge in [-0.3, -0.25) is 0 Å². The number of fused-ring (bicyclic) bond motifs is 5. The van der Waals surface area contributed by atoms with Crippen LogP contribution in [0.25, 0.3) is 11.1 Å². The molecule has 0 bridgehead atoms. The Hall–Kier alpha value is -3.86. The van der Waals surface area contributed by atoms with Crippen LogP contribution in [0.4, 0.5) is 28.4 Å². The standard InChI is InChI=1S/C34H24N2S2/c1-2-8-29-27(7-1)28-21-22-37-34(28)36(29)26-19-15-24(16-20-26)23-13-17-25(18-14-23)35-30-9-3-5-11-32(30)38-33-12-6-4-10-31(33)35/h1-22,28,34H. The van der Waals surface area contributed by atoms with Gasteiger partial charge in [-0.05, 0) is 76.7 Å². The van der Waals surface area contributed by atoms with Crippen molar-refractivity contribution in [3.05, 3.63) is 138 Å². The Morgan fingerprint density at radius 1 is 0.526 bits per heavy atom. The second-order valence-corrected chi connectivity index (χ2v) is 11.9. The zero-order valence-electron chi connectivity index (χ0n) is 20.6. The Labute approximate surface area is 231 Å². The van der Waals surface area contributed by atoms with E-state index in [-0.39, 0.29) is 0 Å². The molecule has 0 spiro atoms. The molecule has 2 unspecified atom stereocenters. The number of nitrogens with zero attached hydrogens (tertiary/aromatic N) is 2. The minimum absolute atomic E-state index is 0.408. The second-order valence-electron chi connectivity index (χ2n) is 9.78. The summed E-state index contributed by atoms with van der Waals surface area (Å²) in [5, 5.41) is 2.66. The van der Waals surface area contributed by atoms with E-state index < -0.39 is 0 Å². The first-order valence-corrected chi connectivity index (χ1v) is 14.7. The van der Waals surface area contributed by atoms with Crippen molar-refractivity contribution in [3.63, 3.8) is 0 Å². The number of hydrogen-bond acceptors (Lipinski definition) is 4. The SMILES string of the molecule is C1=CC2c3ccccc3N(c3ccc(-c4ccc(N5c6ccccc6Sc6ccccc65)cc4)cc3)C2S1. The second kappa shape index (κ2) is 8.87. The molecule has 0 N–H and O–H groups in total. The lowest BCUT2D eigenvalue weighted by Gasteiger charge is -2.32. The van der Waals surface area contributed by atoms with Crippen LogP contribution in [-0.4, -0.2) is 5.37 Å². The van der Waals surface area contributed by atoms with Crippen LogP contribution in [0.15, 0.2) is 143 Å². The van der Waals surface area contributed by atoms with Crippen LogP contribution in [0.3, 0.4) is 0 Å². The fraction of sp³-hybridized carbons (Fsp3) is 0.0588. The van der Waals surface area contributed by atoms with E-state index in [0.29, 0.717) is 11.3 Å². The van der Waals surface area contributed by atoms with E-state index in [1.165, 1.54) is 54.9 Å². The van der Waals surface area contributed by atoms with E-state index in [0.717, 1.165) is 0 Å². The van der Waals surface area contributed by atoms with Crippen LogP contribution in [0, 0.1) is 0 Å². The van der Waals surface area contributed by atoms with Crippen molar-refractivity contribution in [1.29, 1.82) is 0 Å². The monoisotopic (exact) mass is 524 g/mol. The molecule has 4 heteroatoms. The zero-order chi connectivity index (χ0) is 25.1. The van der Waals surface area contributed by atoms with Crippen molar-refractivity contribution in [2.75, 3.05) is 9.80 Å². The summed E-state index contributed by atoms with van der Waals surface area (Å²) in [4.78, 5) is 7.45. The molecule has 0 saturated heterocycles. The maximum atomic E-state index is 2.50. The van der Waals surface area contributed by atoms with E-state index >= 15 is 0 Å². The summed E-state index contributed by atoms with van der Waals surface area (Å²) in [7, 11) is 0. The summed E-state index contributed by atoms with van der Waals surface area (Å²) in [5.41, 5.74) is 10.1. The van der Waals surface area contributed by atoms with Crippen molar-refractivity contribution in [3.8, 4) is 11.1 Å². The lowest BCUT2D eigenvalue weighted by Crippen LogP contribution is -2.24. The van der Waals surface area contributed by atoms with Gasteiger partial charge in [0.25, 0.3) is 0 Å². The summed E-state index contributed by atoms with van der Waals surface area (Å²) < 4.78 is 0. The van der Waals surface area contributed by atoms with Crippen LogP contribution < -0.4 is 9.80 Å². The average molecular weight is 525 g/mol. The molecular formula is C34H24N2S2. The van der Waals surface area contributed by atoms with Crippen LogP contribution in [0.1, 0.15) is 11.5 Å². The van der Waals surface area contributed by atoms with Crippen molar-refractivity contribution in [2.45, 2.75) is 21.1 Å². The van der Waals surface area contributed by atoms with E-state index in [9.17, 15) is 0 Å². The topological polar surface area (TPSA) is 6.48 Å². The van der Waals surface area contributed by atoms with Gasteiger partial charge in [0.05, 0.1) is 16.7 Å². The molecule has 5 aromatic carbocycles. The van der Waals surface area contributed by atoms with E-state index in [4.69, 9.17) is 0 Å². The van der Waals surface area contributed by atoms with Gasteiger partial charge in [-0.2, -0.15) is 0 Å². The zero-order valence-corrected chi connectivity index (χ0v) is 22.2. The summed E-state index contributed by atoms with van der Waals surface area (Å²) in [6, 6.07) is 44.2. The first kappa shape index (κ1) is 22.2. The fourth-order valence-corrected chi connectivity index (χ4v) is 8.12. The normalized spacial score (nSPS) is 18.6. The van der Waals surface area contributed by atoms with E-state index in [1.807, 2.05) is 23.5 Å². The van der Waals surface area contributed by atoms with Crippen LogP contribution in [-0.2, 0) is 0 Å². The maximum absolute atomic E-state index is 2.50. The molecule has 2 atom stereocenters. The van der Waals surface area contributed by atoms with Crippen molar-refractivity contribution in [2.24, 2.45) is 0 Å². The summed E-state index contributed by atoms with van der Waals surface area (Å²) >= 11 is 3.76. The van der Waals surface area contributed by atoms with Crippen molar-refractivity contribution >= 4 is 52.0 Å². The number of anilines is 5. The molecule has 0 amide bonds. The fourth-order valence-electron chi connectivity index (χ4n) is 5.88. The Balaban J connectivity index is 1.11. The Morgan fingerprint density at radius 3 is 1.74 bits per heavy atom. The molecule has 3 heterocycles. The highest BCUT2D eigenvalue weighted by atomic mass is 32.2. The molecule has 0 aliphatic carbocycles. The molecule has 182 valence electrons. The van der Waals surface area contributed by atoms with Gasteiger partial charge in [0.1, 0.15) is 0 Å². The molecule has 0 fully saturated rings. The van der Waals surface area contributed by atoms with Gasteiger partial charge in [0.2, 0.25) is 0 Å². The Kier molecular flexibility index (Phi) is 5.17. The molecule has 0 aromatic heterocycles. The lowest BCUT2D eigenvalue weighted by molar-refractivity contribution is 0.847. The predicted octanol–water partition coefficient (Wildman–Crippen LogP) is 10.1. The molecule has 3 aliphatic heterocycles. The summed E-state index contributed by atoms with van der Waals surface area (Å²) in [5.74, 6) is 0.465. The van der Waals surface area contributed by atoms with Gasteiger partial charge < -0.3 is 9.80 Å². The molecular weight excluding hydrogens is 501 g/mol. The van der Waals surface area contributed by atoms with Gasteiger partial charge in [0.15, 0.2) is 0 Å². The molecule has 8 rings (SSSR count). The number of thioether (sulfide) groups is 1. The number of hydrogen-bond donors (Lipinski definition) is 0. The molecule has 3 aliphatic rings. The maximum Gasteiger partial charge on any atom is 0.0943 e. The van der Waals surface area contributed by atoms with Gasteiger partial charge in [0, 0.05) is 32.8 Å². The first-order chi connectivity index (χ1) is 18.8. The first-order valence-electron chi connectivity index (χ1n) is 12.9. The third kappa shape index (κ3) is 3.44. The highest BCUT2D eigenvalue weighted by molar-refractivity contribution is 8.03. The average Bonchev–Trinajstić information content (AvgIpc) is 3.57. The quantitative estimate of drug-likeness (QED) is 0.227. The summed E-state index contributed by atoms with van der Waals surface area (Å²) in [6.45, 7) is 0. The smallest absolute Gasteiger partial charge is 0.0943 e. The third-order valence-corrected chi connectivity index (χ3v) is 9.88. The van der Waals surface area contributed by atoms with Gasteiger partial charge in [-0.1, -0.05) is 84.6 Å². The Bertz CT molecular complexity index is 1650. The van der Waals surface area contributed by atoms with Crippen LogP contribution in [0.5, 0.6) is 0 Å². The van der Waals surface area contributed by atoms with Crippen molar-refractivity contribution in [1.82, 2.24) is 0 Å². The van der Waals surface area contributed by atoms with Crippen LogP contribution in [0.2, 0.25) is 0 Å². The molecule has 0 radical (unpaired) electrons. The highest BCUT2D eigenvalue weighted by Gasteiger charge is 2.40. The van der Waals surface area contributed by atoms with Crippen LogP contribution >= 0.6 is 23.5 Å². The number of rotatable bonds is 3. The van der Waals surface area contributed by atoms with Gasteiger partial charge in [-0.25, -0.2) is 0 Å². The molecule has 2 nitrogen and oxygen atoms in total. The lowest BCUT2D eigenvalue weighted by atomic mass is 10.0. The molecule has 0 saturated carbocycles. The largest absolute Gasteiger partial charge is 0.327 e. The van der Waals surface area contributed by atoms with E-state index in [2.05, 4.69) is 143 Å². The highest BCUT2D eigenvalue weighted by Crippen LogP contribution is 2.53.